The van der Waals surface area contributed by atoms with Crippen molar-refractivity contribution in [3.8, 4) is 5.88 Å². The van der Waals surface area contributed by atoms with E-state index in [9.17, 15) is 0 Å². The fourth-order valence-electron chi connectivity index (χ4n) is 2.95. The van der Waals surface area contributed by atoms with Crippen LogP contribution in [0.2, 0.25) is 5.02 Å². The van der Waals surface area contributed by atoms with Gasteiger partial charge in [-0.05, 0) is 19.8 Å². The zero-order valence-corrected chi connectivity index (χ0v) is 14.6. The van der Waals surface area contributed by atoms with Crippen LogP contribution in [0, 0.1) is 6.92 Å². The number of ether oxygens (including phenoxy) is 1. The second-order valence-electron chi connectivity index (χ2n) is 5.89. The largest absolute Gasteiger partial charge is 0.480 e. The number of aromatic nitrogens is 7. The van der Waals surface area contributed by atoms with Crippen molar-refractivity contribution in [1.82, 2.24) is 34.7 Å². The Labute approximate surface area is 149 Å². The van der Waals surface area contributed by atoms with Gasteiger partial charge in [-0.2, -0.15) is 25.1 Å². The molecule has 1 aliphatic rings. The van der Waals surface area contributed by atoms with Crippen LogP contribution < -0.4 is 10.1 Å². The molecule has 10 heteroatoms. The fourth-order valence-corrected chi connectivity index (χ4v) is 3.12. The summed E-state index contributed by atoms with van der Waals surface area (Å²) in [6.45, 7) is 2.02. The number of anilines is 2. The molecule has 1 N–H and O–H groups in total. The molecule has 1 aliphatic carbocycles. The summed E-state index contributed by atoms with van der Waals surface area (Å²) in [5.41, 5.74) is 1.87. The second-order valence-corrected chi connectivity index (χ2v) is 6.30. The molecular formula is C15H17ClN8O. The monoisotopic (exact) mass is 360 g/mol. The van der Waals surface area contributed by atoms with Crippen molar-refractivity contribution in [3.63, 3.8) is 0 Å². The van der Waals surface area contributed by atoms with Crippen molar-refractivity contribution >= 4 is 23.2 Å². The molecule has 0 spiro atoms. The predicted octanol–water partition coefficient (Wildman–Crippen LogP) is 2.55. The zero-order chi connectivity index (χ0) is 17.4. The van der Waals surface area contributed by atoms with E-state index in [0.29, 0.717) is 28.9 Å². The minimum atomic E-state index is 0.331. The van der Waals surface area contributed by atoms with Gasteiger partial charge in [-0.1, -0.05) is 11.6 Å². The van der Waals surface area contributed by atoms with Crippen LogP contribution in [0.5, 0.6) is 5.88 Å². The summed E-state index contributed by atoms with van der Waals surface area (Å²) in [7, 11) is 1.52. The van der Waals surface area contributed by atoms with Crippen LogP contribution in [-0.2, 0) is 0 Å². The summed E-state index contributed by atoms with van der Waals surface area (Å²) >= 11 is 5.95. The van der Waals surface area contributed by atoms with Gasteiger partial charge in [-0.25, -0.2) is 4.98 Å². The number of methoxy groups -OCH3 is 1. The van der Waals surface area contributed by atoms with Gasteiger partial charge in [0.15, 0.2) is 0 Å². The van der Waals surface area contributed by atoms with E-state index in [1.54, 1.807) is 23.4 Å². The number of hydrogen-bond donors (Lipinski definition) is 1. The standard InChI is InChI=1S/C15H17ClN8O/c1-9-13(21-15-17-7-12(16)14(22-15)25-2)8-20-23(9)10-5-11(6-10)24-18-3-4-19-24/h3-4,7-8,10-11H,5-6H2,1-2H3,(H,17,21,22). The Hall–Kier alpha value is -2.68. The maximum absolute atomic E-state index is 5.95. The molecule has 9 nitrogen and oxygen atoms in total. The van der Waals surface area contributed by atoms with E-state index < -0.39 is 0 Å². The van der Waals surface area contributed by atoms with E-state index in [1.807, 2.05) is 11.6 Å². The number of halogens is 1. The van der Waals surface area contributed by atoms with Crippen molar-refractivity contribution in [3.05, 3.63) is 35.5 Å². The molecule has 0 unspecified atom stereocenters. The van der Waals surface area contributed by atoms with Gasteiger partial charge in [-0.15, -0.1) is 0 Å². The fraction of sp³-hybridized carbons (Fsp3) is 0.400. The highest BCUT2D eigenvalue weighted by atomic mass is 35.5. The van der Waals surface area contributed by atoms with E-state index in [0.717, 1.165) is 24.2 Å². The van der Waals surface area contributed by atoms with Crippen LogP contribution in [-0.4, -0.2) is 41.9 Å². The van der Waals surface area contributed by atoms with Crippen molar-refractivity contribution in [2.24, 2.45) is 0 Å². The average molecular weight is 361 g/mol. The van der Waals surface area contributed by atoms with Crippen LogP contribution in [0.1, 0.15) is 30.6 Å². The topological polar surface area (TPSA) is 95.6 Å². The van der Waals surface area contributed by atoms with Gasteiger partial charge >= 0.3 is 0 Å². The van der Waals surface area contributed by atoms with E-state index in [-0.39, 0.29) is 0 Å². The Balaban J connectivity index is 1.47. The summed E-state index contributed by atoms with van der Waals surface area (Å²) in [6.07, 6.45) is 8.61. The molecule has 0 radical (unpaired) electrons. The van der Waals surface area contributed by atoms with E-state index in [2.05, 4.69) is 30.6 Å². The van der Waals surface area contributed by atoms with Gasteiger partial charge < -0.3 is 10.1 Å². The van der Waals surface area contributed by atoms with Gasteiger partial charge in [0.2, 0.25) is 11.8 Å². The van der Waals surface area contributed by atoms with Crippen LogP contribution in [0.15, 0.2) is 24.8 Å². The second kappa shape index (κ2) is 6.32. The molecule has 0 aliphatic heterocycles. The highest BCUT2D eigenvalue weighted by Gasteiger charge is 2.34. The molecule has 1 saturated carbocycles. The molecule has 3 aromatic rings. The highest BCUT2D eigenvalue weighted by molar-refractivity contribution is 6.31. The van der Waals surface area contributed by atoms with Gasteiger partial charge in [0.05, 0.1) is 55.4 Å². The first-order valence-electron chi connectivity index (χ1n) is 7.89. The maximum atomic E-state index is 5.95. The summed E-state index contributed by atoms with van der Waals surface area (Å²) < 4.78 is 7.14. The molecule has 130 valence electrons. The van der Waals surface area contributed by atoms with Gasteiger partial charge in [0, 0.05) is 0 Å². The minimum Gasteiger partial charge on any atom is -0.480 e. The number of rotatable bonds is 5. The molecule has 0 atom stereocenters. The molecular weight excluding hydrogens is 344 g/mol. The molecule has 3 aromatic heterocycles. The lowest BCUT2D eigenvalue weighted by Crippen LogP contribution is -2.31. The van der Waals surface area contributed by atoms with E-state index in [4.69, 9.17) is 16.3 Å². The Morgan fingerprint density at radius 2 is 1.92 bits per heavy atom. The highest BCUT2D eigenvalue weighted by Crippen LogP contribution is 2.41. The molecule has 1 fully saturated rings. The first kappa shape index (κ1) is 15.8. The quantitative estimate of drug-likeness (QED) is 0.746. The van der Waals surface area contributed by atoms with Crippen molar-refractivity contribution < 1.29 is 4.74 Å². The molecule has 3 heterocycles. The SMILES string of the molecule is COc1nc(Nc2cnn(C3CC(n4nccn4)C3)c2C)ncc1Cl. The lowest BCUT2D eigenvalue weighted by atomic mass is 9.87. The van der Waals surface area contributed by atoms with Crippen molar-refractivity contribution in [1.29, 1.82) is 0 Å². The normalized spacial score (nSPS) is 19.5. The lowest BCUT2D eigenvalue weighted by molar-refractivity contribution is 0.158. The molecule has 0 amide bonds. The van der Waals surface area contributed by atoms with E-state index >= 15 is 0 Å². The van der Waals surface area contributed by atoms with Crippen LogP contribution >= 0.6 is 11.6 Å². The van der Waals surface area contributed by atoms with Gasteiger partial charge in [0.25, 0.3) is 0 Å². The average Bonchev–Trinajstić information content (AvgIpc) is 3.21. The third-order valence-electron chi connectivity index (χ3n) is 4.39. The van der Waals surface area contributed by atoms with Crippen LogP contribution in [0.3, 0.4) is 0 Å². The first-order chi connectivity index (χ1) is 12.2. The van der Waals surface area contributed by atoms with Crippen LogP contribution in [0.4, 0.5) is 11.6 Å². The van der Waals surface area contributed by atoms with Crippen molar-refractivity contribution in [2.75, 3.05) is 12.4 Å². The maximum Gasteiger partial charge on any atom is 0.237 e. The van der Waals surface area contributed by atoms with Gasteiger partial charge in [-0.3, -0.25) is 4.68 Å². The lowest BCUT2D eigenvalue weighted by Gasteiger charge is -2.35. The smallest absolute Gasteiger partial charge is 0.237 e. The summed E-state index contributed by atoms with van der Waals surface area (Å²) in [5.74, 6) is 0.744. The third-order valence-corrected chi connectivity index (χ3v) is 4.65. The summed E-state index contributed by atoms with van der Waals surface area (Å²) in [5, 5.41) is 16.4. The Morgan fingerprint density at radius 1 is 1.16 bits per heavy atom. The van der Waals surface area contributed by atoms with Crippen molar-refractivity contribution in [2.45, 2.75) is 31.8 Å². The Kier molecular flexibility index (Phi) is 4.00. The number of nitrogens with one attached hydrogen (secondary N) is 1. The van der Waals surface area contributed by atoms with Gasteiger partial charge in [0.1, 0.15) is 5.02 Å². The molecule has 0 bridgehead atoms. The summed E-state index contributed by atoms with van der Waals surface area (Å²) in [4.78, 5) is 10.2. The number of hydrogen-bond acceptors (Lipinski definition) is 7. The Morgan fingerprint density at radius 3 is 2.64 bits per heavy atom. The molecule has 4 rings (SSSR count). The summed E-state index contributed by atoms with van der Waals surface area (Å²) in [6, 6.07) is 0.677. The van der Waals surface area contributed by atoms with Crippen LogP contribution in [0.25, 0.3) is 0 Å². The Bertz CT molecular complexity index is 872. The number of nitrogens with zero attached hydrogens (tertiary/aromatic N) is 7. The first-order valence-corrected chi connectivity index (χ1v) is 8.27. The molecule has 0 saturated heterocycles. The molecule has 0 aromatic carbocycles. The molecule has 25 heavy (non-hydrogen) atoms. The minimum absolute atomic E-state index is 0.331. The van der Waals surface area contributed by atoms with E-state index in [1.165, 1.54) is 13.3 Å². The third kappa shape index (κ3) is 2.91. The zero-order valence-electron chi connectivity index (χ0n) is 13.8. The predicted molar refractivity (Wildman–Crippen MR) is 91.2 cm³/mol.